The lowest BCUT2D eigenvalue weighted by Gasteiger charge is -2.30. The fraction of sp³-hybridized carbons (Fsp3) is 0.900. The highest BCUT2D eigenvalue weighted by atomic mass is 127. The van der Waals surface area contributed by atoms with Crippen molar-refractivity contribution < 1.29 is 4.79 Å². The van der Waals surface area contributed by atoms with Crippen molar-refractivity contribution in [3.05, 3.63) is 0 Å². The van der Waals surface area contributed by atoms with Crippen LogP contribution in [0.15, 0.2) is 4.99 Å². The second-order valence-electron chi connectivity index (χ2n) is 7.78. The molecule has 7 heteroatoms. The lowest BCUT2D eigenvalue weighted by atomic mass is 10.0. The number of nitrogens with one attached hydrogen (secondary N) is 2. The summed E-state index contributed by atoms with van der Waals surface area (Å²) in [5.74, 6) is 2.05. The van der Waals surface area contributed by atoms with Gasteiger partial charge in [0.25, 0.3) is 0 Å². The number of nitrogens with zero attached hydrogens (tertiary/aromatic N) is 3. The summed E-state index contributed by atoms with van der Waals surface area (Å²) >= 11 is 0. The van der Waals surface area contributed by atoms with Crippen molar-refractivity contribution in [2.75, 3.05) is 52.4 Å². The van der Waals surface area contributed by atoms with E-state index in [0.717, 1.165) is 76.8 Å². The van der Waals surface area contributed by atoms with E-state index in [2.05, 4.69) is 34.4 Å². The molecule has 1 amide bonds. The molecule has 2 heterocycles. The highest BCUT2D eigenvalue weighted by molar-refractivity contribution is 14.0. The van der Waals surface area contributed by atoms with Gasteiger partial charge in [-0.2, -0.15) is 0 Å². The van der Waals surface area contributed by atoms with Crippen LogP contribution in [0.1, 0.15) is 58.8 Å². The molecule has 2 fully saturated rings. The minimum Gasteiger partial charge on any atom is -0.357 e. The topological polar surface area (TPSA) is 60.0 Å². The maximum atomic E-state index is 12.0. The highest BCUT2D eigenvalue weighted by Crippen LogP contribution is 2.14. The van der Waals surface area contributed by atoms with Gasteiger partial charge in [-0.3, -0.25) is 9.79 Å². The molecule has 0 radical (unpaired) electrons. The number of likely N-dealkylation sites (tertiary alicyclic amines) is 2. The van der Waals surface area contributed by atoms with Crippen LogP contribution in [0.2, 0.25) is 0 Å². The molecular formula is C20H40IN5O. The van der Waals surface area contributed by atoms with Crippen LogP contribution in [0.3, 0.4) is 0 Å². The number of hydrogen-bond donors (Lipinski definition) is 2. The van der Waals surface area contributed by atoms with E-state index in [-0.39, 0.29) is 24.0 Å². The molecule has 2 N–H and O–H groups in total. The first-order valence-electron chi connectivity index (χ1n) is 10.7. The van der Waals surface area contributed by atoms with Crippen LogP contribution in [-0.2, 0) is 4.79 Å². The third-order valence-corrected chi connectivity index (χ3v) is 5.33. The van der Waals surface area contributed by atoms with E-state index in [4.69, 9.17) is 0 Å². The first-order chi connectivity index (χ1) is 12.7. The summed E-state index contributed by atoms with van der Waals surface area (Å²) in [7, 11) is 0. The van der Waals surface area contributed by atoms with Crippen molar-refractivity contribution >= 4 is 35.8 Å². The van der Waals surface area contributed by atoms with Crippen molar-refractivity contribution in [2.45, 2.75) is 58.8 Å². The van der Waals surface area contributed by atoms with E-state index in [9.17, 15) is 4.79 Å². The Balaban J connectivity index is 0.00000364. The lowest BCUT2D eigenvalue weighted by Crippen LogP contribution is -2.43. The molecule has 1 unspecified atom stereocenters. The zero-order valence-corrected chi connectivity index (χ0v) is 19.7. The maximum absolute atomic E-state index is 12.0. The monoisotopic (exact) mass is 493 g/mol. The fourth-order valence-electron chi connectivity index (χ4n) is 3.89. The van der Waals surface area contributed by atoms with Crippen LogP contribution in [0, 0.1) is 5.92 Å². The molecule has 2 aliphatic rings. The summed E-state index contributed by atoms with van der Waals surface area (Å²) in [5.41, 5.74) is 0. The van der Waals surface area contributed by atoms with Crippen LogP contribution < -0.4 is 10.6 Å². The minimum atomic E-state index is 0. The molecule has 0 saturated carbocycles. The van der Waals surface area contributed by atoms with Crippen molar-refractivity contribution in [1.29, 1.82) is 0 Å². The molecular weight excluding hydrogens is 453 g/mol. The van der Waals surface area contributed by atoms with E-state index < -0.39 is 0 Å². The summed E-state index contributed by atoms with van der Waals surface area (Å²) in [6.45, 7) is 12.3. The number of rotatable bonds is 8. The Bertz CT molecular complexity index is 446. The number of aliphatic imine (C=N–C) groups is 1. The number of carbonyl (C=O) groups is 1. The Morgan fingerprint density at radius 3 is 2.78 bits per heavy atom. The second-order valence-corrected chi connectivity index (χ2v) is 7.78. The average Bonchev–Trinajstić information content (AvgIpc) is 2.83. The van der Waals surface area contributed by atoms with Gasteiger partial charge in [-0.15, -0.1) is 24.0 Å². The van der Waals surface area contributed by atoms with Crippen LogP contribution >= 0.6 is 24.0 Å². The maximum Gasteiger partial charge on any atom is 0.222 e. The molecule has 2 aliphatic heterocycles. The SMILES string of the molecule is CCNC(=NCCCN1CCCCCC1=O)NCCN1CCCC(C)C1.I. The Kier molecular flexibility index (Phi) is 13.1. The summed E-state index contributed by atoms with van der Waals surface area (Å²) in [5, 5.41) is 6.78. The van der Waals surface area contributed by atoms with Gasteiger partial charge in [0.1, 0.15) is 0 Å². The molecule has 0 aromatic rings. The molecule has 2 rings (SSSR count). The fourth-order valence-corrected chi connectivity index (χ4v) is 3.89. The third-order valence-electron chi connectivity index (χ3n) is 5.33. The molecule has 0 bridgehead atoms. The molecule has 0 spiro atoms. The number of halogens is 1. The Morgan fingerprint density at radius 2 is 2.00 bits per heavy atom. The van der Waals surface area contributed by atoms with Gasteiger partial charge in [-0.05, 0) is 51.5 Å². The quantitative estimate of drug-likeness (QED) is 0.236. The Hall–Kier alpha value is -0.570. The first kappa shape index (κ1) is 24.5. The predicted molar refractivity (Wildman–Crippen MR) is 124 cm³/mol. The van der Waals surface area contributed by atoms with Gasteiger partial charge in [-0.25, -0.2) is 0 Å². The van der Waals surface area contributed by atoms with Gasteiger partial charge in [-0.1, -0.05) is 13.3 Å². The number of guanidine groups is 1. The van der Waals surface area contributed by atoms with E-state index in [0.29, 0.717) is 5.91 Å². The van der Waals surface area contributed by atoms with E-state index in [1.807, 2.05) is 4.90 Å². The standard InChI is InChI=1S/C20H39N5O.HI/c1-3-21-20(23-12-16-24-13-7-9-18(2)17-24)22-11-8-15-25-14-6-4-5-10-19(25)26;/h18H,3-17H2,1-2H3,(H2,21,22,23);1H. The number of hydrogen-bond acceptors (Lipinski definition) is 3. The summed E-state index contributed by atoms with van der Waals surface area (Å²) in [6.07, 6.45) is 7.74. The van der Waals surface area contributed by atoms with E-state index in [1.165, 1.54) is 32.4 Å². The minimum absolute atomic E-state index is 0. The summed E-state index contributed by atoms with van der Waals surface area (Å²) in [6, 6.07) is 0. The predicted octanol–water partition coefficient (Wildman–Crippen LogP) is 2.68. The van der Waals surface area contributed by atoms with Crippen LogP contribution in [0.25, 0.3) is 0 Å². The van der Waals surface area contributed by atoms with Crippen LogP contribution in [-0.4, -0.2) is 74.0 Å². The number of piperidine rings is 1. The lowest BCUT2D eigenvalue weighted by molar-refractivity contribution is -0.130. The summed E-state index contributed by atoms with van der Waals surface area (Å²) in [4.78, 5) is 21.3. The zero-order chi connectivity index (χ0) is 18.6. The van der Waals surface area contributed by atoms with Crippen molar-refractivity contribution in [3.8, 4) is 0 Å². The second kappa shape index (κ2) is 14.4. The van der Waals surface area contributed by atoms with Crippen LogP contribution in [0.4, 0.5) is 0 Å². The van der Waals surface area contributed by atoms with Gasteiger partial charge in [0.05, 0.1) is 0 Å². The largest absolute Gasteiger partial charge is 0.357 e. The normalized spacial score (nSPS) is 22.1. The van der Waals surface area contributed by atoms with Crippen molar-refractivity contribution in [3.63, 3.8) is 0 Å². The smallest absolute Gasteiger partial charge is 0.222 e. The van der Waals surface area contributed by atoms with E-state index >= 15 is 0 Å². The van der Waals surface area contributed by atoms with Gasteiger partial charge in [0, 0.05) is 52.2 Å². The molecule has 27 heavy (non-hydrogen) atoms. The summed E-state index contributed by atoms with van der Waals surface area (Å²) < 4.78 is 0. The zero-order valence-electron chi connectivity index (χ0n) is 17.3. The molecule has 158 valence electrons. The van der Waals surface area contributed by atoms with Gasteiger partial charge >= 0.3 is 0 Å². The molecule has 2 saturated heterocycles. The molecule has 0 aromatic carbocycles. The Labute approximate surface area is 182 Å². The molecule has 0 aromatic heterocycles. The molecule has 1 atom stereocenters. The van der Waals surface area contributed by atoms with Crippen LogP contribution in [0.5, 0.6) is 0 Å². The van der Waals surface area contributed by atoms with Gasteiger partial charge in [0.2, 0.25) is 5.91 Å². The Morgan fingerprint density at radius 1 is 1.15 bits per heavy atom. The van der Waals surface area contributed by atoms with Gasteiger partial charge < -0.3 is 20.4 Å². The van der Waals surface area contributed by atoms with Crippen molar-refractivity contribution in [1.82, 2.24) is 20.4 Å². The number of amides is 1. The highest BCUT2D eigenvalue weighted by Gasteiger charge is 2.16. The first-order valence-corrected chi connectivity index (χ1v) is 10.7. The third kappa shape index (κ3) is 9.96. The van der Waals surface area contributed by atoms with Crippen molar-refractivity contribution in [2.24, 2.45) is 10.9 Å². The molecule has 6 nitrogen and oxygen atoms in total. The van der Waals surface area contributed by atoms with Gasteiger partial charge in [0.15, 0.2) is 5.96 Å². The number of carbonyl (C=O) groups excluding carboxylic acids is 1. The average molecular weight is 493 g/mol. The molecule has 0 aliphatic carbocycles. The van der Waals surface area contributed by atoms with E-state index in [1.54, 1.807) is 0 Å².